The van der Waals surface area contributed by atoms with E-state index in [0.717, 1.165) is 34.9 Å². The molecule has 3 heterocycles. The van der Waals surface area contributed by atoms with Gasteiger partial charge in [-0.1, -0.05) is 56.0 Å². The molecule has 0 spiro atoms. The van der Waals surface area contributed by atoms with Crippen LogP contribution in [0.5, 0.6) is 0 Å². The minimum Gasteiger partial charge on any atom is -1.00 e. The van der Waals surface area contributed by atoms with Gasteiger partial charge in [-0.25, -0.2) is 0 Å². The maximum absolute atomic E-state index is 12.8. The zero-order valence-corrected chi connectivity index (χ0v) is 53.9. The van der Waals surface area contributed by atoms with Crippen molar-refractivity contribution in [2.45, 2.75) is 180 Å². The number of alkyl halides is 9. The quantitative estimate of drug-likeness (QED) is 0.0727. The van der Waals surface area contributed by atoms with Crippen molar-refractivity contribution in [3.8, 4) is 0 Å². The van der Waals surface area contributed by atoms with Gasteiger partial charge in [-0.15, -0.1) is 5.34 Å². The van der Waals surface area contributed by atoms with E-state index in [9.17, 15) is 54.8 Å². The number of halogens is 11. The minimum atomic E-state index is -4.74. The van der Waals surface area contributed by atoms with Gasteiger partial charge in [0.25, 0.3) is 0 Å². The molecule has 0 bridgehead atoms. The van der Waals surface area contributed by atoms with Gasteiger partial charge in [0.05, 0.1) is 33.6 Å². The number of nitrogen functional groups attached to an aromatic ring is 1. The predicted octanol–water partition coefficient (Wildman–Crippen LogP) is 2.00. The van der Waals surface area contributed by atoms with Crippen LogP contribution in [-0.2, 0) is 44.7 Å². The third-order valence-electron chi connectivity index (χ3n) is 13.3. The van der Waals surface area contributed by atoms with Crippen molar-refractivity contribution in [2.75, 3.05) is 5.73 Å². The van der Waals surface area contributed by atoms with Crippen LogP contribution in [0.3, 0.4) is 0 Å². The molecule has 3 fully saturated rings. The Hall–Kier alpha value is 0.161. The van der Waals surface area contributed by atoms with E-state index >= 15 is 0 Å². The minimum absolute atomic E-state index is 0. The number of nitrogens with zero attached hydrogens (tertiary/aromatic N) is 1. The second-order valence-electron chi connectivity index (χ2n) is 20.4. The summed E-state index contributed by atoms with van der Waals surface area (Å²) in [5.41, 5.74) is -5.29. The molecule has 3 aliphatic heterocycles. The Morgan fingerprint density at radius 2 is 0.707 bits per heavy atom. The Kier molecular flexibility index (Phi) is 30.1. The topological polar surface area (TPSA) is 195 Å². The van der Waals surface area contributed by atoms with Gasteiger partial charge in [-0.2, -0.15) is 39.5 Å². The van der Waals surface area contributed by atoms with Gasteiger partial charge in [0.15, 0.2) is 16.8 Å². The van der Waals surface area contributed by atoms with E-state index in [0.29, 0.717) is 18.1 Å². The number of benzene rings is 3. The fraction of sp³-hybridized carbons (Fsp3) is 0.609. The summed E-state index contributed by atoms with van der Waals surface area (Å²) in [6, 6.07) is 16.0. The molecular weight excluding hydrogens is 1280 g/mol. The average molecular weight is 1340 g/mol. The first-order valence-corrected chi connectivity index (χ1v) is 22.8. The van der Waals surface area contributed by atoms with Crippen molar-refractivity contribution in [3.05, 3.63) is 103 Å². The Balaban J connectivity index is -0.000000903. The third-order valence-corrected chi connectivity index (χ3v) is 14.0. The molecule has 3 unspecified atom stereocenters. The van der Waals surface area contributed by atoms with Crippen molar-refractivity contribution in [3.63, 3.8) is 0 Å². The molecule has 29 heteroatoms. The Bertz CT molecular complexity index is 2080. The van der Waals surface area contributed by atoms with E-state index in [4.69, 9.17) is 43.8 Å². The van der Waals surface area contributed by atoms with Crippen LogP contribution in [0, 0.1) is 13.7 Å². The first-order chi connectivity index (χ1) is 31.6. The van der Waals surface area contributed by atoms with E-state index in [1.807, 2.05) is 106 Å². The fourth-order valence-corrected chi connectivity index (χ4v) is 6.38. The molecule has 3 aromatic rings. The Labute approximate surface area is 531 Å². The summed E-state index contributed by atoms with van der Waals surface area (Å²) in [4.78, 5) is 8.00. The van der Waals surface area contributed by atoms with Crippen molar-refractivity contribution in [1.29, 1.82) is 0 Å². The van der Waals surface area contributed by atoms with Gasteiger partial charge < -0.3 is 83.1 Å². The first-order valence-electron chi connectivity index (χ1n) is 21.7. The van der Waals surface area contributed by atoms with Crippen molar-refractivity contribution in [1.82, 2.24) is 0 Å². The van der Waals surface area contributed by atoms with Crippen LogP contribution in [0.1, 0.15) is 128 Å². The molecule has 414 valence electrons. The summed E-state index contributed by atoms with van der Waals surface area (Å²) in [6.45, 7) is 26.0. The molecule has 0 aliphatic carbocycles. The molecule has 3 atom stereocenters. The number of anilines is 1. The van der Waals surface area contributed by atoms with Gasteiger partial charge in [0, 0.05) is 9.26 Å². The Morgan fingerprint density at radius 1 is 0.507 bits per heavy atom. The predicted molar refractivity (Wildman–Crippen MR) is 267 cm³/mol. The van der Waals surface area contributed by atoms with Crippen molar-refractivity contribution >= 4 is 54.9 Å². The number of nitrogens with two attached hydrogens (primary N) is 1. The van der Waals surface area contributed by atoms with E-state index in [-0.39, 0.29) is 151 Å². The Morgan fingerprint density at radius 3 is 0.933 bits per heavy atom. The van der Waals surface area contributed by atoms with E-state index < -0.39 is 67.7 Å². The molecule has 13 nitrogen and oxygen atoms in total. The molecule has 3 aliphatic rings. The molecule has 0 aromatic heterocycles. The van der Waals surface area contributed by atoms with Crippen LogP contribution >= 0.6 is 22.6 Å². The number of rotatable bonds is 5. The average Bonchev–Trinajstić information content (AvgIpc) is 3.67. The van der Waals surface area contributed by atoms with Crippen LogP contribution in [0.25, 0.3) is 0 Å². The molecule has 5 N–H and O–H groups in total. The SMILES string of the molecule is C.CC(O)(c1ccc(I)cc1)C(F)(F)F.CC(O)(c1ccc(N)cc1)C(F)(F)F.CC1(C)OB(B2OC(C)(C)C(C)(C)O2)OC1(C)C.CC1(C)OB(c2ccc(C(C)(O)C(F)(F)F)cc2)OC1(C)C.O=N[O-].[I-].[K+].[Na+]. The van der Waals surface area contributed by atoms with Crippen LogP contribution in [0.2, 0.25) is 0 Å². The molecule has 75 heavy (non-hydrogen) atoms. The molecule has 0 radical (unpaired) electrons. The van der Waals surface area contributed by atoms with E-state index in [1.165, 1.54) is 60.7 Å². The summed E-state index contributed by atoms with van der Waals surface area (Å²) >= 11 is 1.98. The van der Waals surface area contributed by atoms with E-state index in [1.54, 1.807) is 0 Å². The van der Waals surface area contributed by atoms with Gasteiger partial charge in [-0.3, -0.25) is 0 Å². The molecule has 3 aromatic carbocycles. The zero-order valence-electron chi connectivity index (χ0n) is 44.5. The van der Waals surface area contributed by atoms with Crippen molar-refractivity contribution in [2.24, 2.45) is 5.34 Å². The first kappa shape index (κ1) is 79.4. The summed E-state index contributed by atoms with van der Waals surface area (Å²) in [5.74, 6) is 0. The summed E-state index contributed by atoms with van der Waals surface area (Å²) in [5, 5.41) is 37.2. The van der Waals surface area contributed by atoms with Crippen LogP contribution < -0.4 is 116 Å². The van der Waals surface area contributed by atoms with Gasteiger partial charge in [0.2, 0.25) is 0 Å². The summed E-state index contributed by atoms with van der Waals surface area (Å²) < 4.78 is 149. The summed E-state index contributed by atoms with van der Waals surface area (Å²) in [7, 11) is -1.60. The number of aliphatic hydroxyl groups is 3. The summed E-state index contributed by atoms with van der Waals surface area (Å²) in [6.07, 6.45) is -14.1. The maximum atomic E-state index is 12.8. The number of hydrogen-bond acceptors (Lipinski definition) is 13. The van der Waals surface area contributed by atoms with Crippen LogP contribution in [0.15, 0.2) is 78.1 Å². The normalized spacial score (nSPS) is 20.8. The maximum Gasteiger partial charge on any atom is 1.00 e. The van der Waals surface area contributed by atoms with Crippen LogP contribution in [0.4, 0.5) is 45.2 Å². The standard InChI is InChI=1S/C15H20BF3O3.C12H24B2O4.C9H8F3IO.C9H10F3NO.CH4.HI.K.HNO2.Na/c1-12(2)13(3,4)22-16(21-12)11-8-6-10(7-9-11)14(5,20)15(17,18)19;1-9(2)10(3,4)16-13(15-9)14-17-11(5,6)12(7,8)18-14;2*1-8(14,9(10,11)12)6-2-4-7(13)5-3-6;;;;2-1-3;/h6-9,20H,1-5H3;1-8H3;2-5,14H,1H3;2-5,14H,13H2,1H3;1H4;1H;;(H,2,3);/q;;;;;;+1;;+1/p-2. The second-order valence-corrected chi connectivity index (χ2v) is 21.6. The third kappa shape index (κ3) is 19.7. The largest absolute Gasteiger partial charge is 1.00 e. The van der Waals surface area contributed by atoms with Gasteiger partial charge in [-0.05, 0) is 173 Å². The van der Waals surface area contributed by atoms with Gasteiger partial charge >= 0.3 is 121 Å². The monoisotopic (exact) mass is 1340 g/mol. The molecule has 0 saturated carbocycles. The van der Waals surface area contributed by atoms with Crippen molar-refractivity contribution < 1.29 is 188 Å². The van der Waals surface area contributed by atoms with Crippen LogP contribution in [-0.4, -0.2) is 88.6 Å². The molecular formula is C46H66B3F9I2KN2NaO11. The molecule has 3 saturated heterocycles. The molecule has 0 amide bonds. The van der Waals surface area contributed by atoms with Gasteiger partial charge in [0.1, 0.15) is 0 Å². The second kappa shape index (κ2) is 28.4. The number of hydrogen-bond donors (Lipinski definition) is 4. The van der Waals surface area contributed by atoms with E-state index in [2.05, 4.69) is 0 Å². The zero-order chi connectivity index (χ0) is 55.6. The fourth-order valence-electron chi connectivity index (χ4n) is 6.02. The smallest absolute Gasteiger partial charge is 1.00 e. The molecule has 6 rings (SSSR count).